The molecule has 0 aliphatic carbocycles. The first-order valence-corrected chi connectivity index (χ1v) is 16.3. The number of nitrogens with one attached hydrogen (secondary N) is 1. The van der Waals surface area contributed by atoms with E-state index in [-0.39, 0.29) is 22.0 Å². The summed E-state index contributed by atoms with van der Waals surface area (Å²) in [6, 6.07) is 18.5. The molecule has 0 unspecified atom stereocenters. The number of aryl methyl sites for hydroxylation is 1. The van der Waals surface area contributed by atoms with E-state index >= 15 is 0 Å². The lowest BCUT2D eigenvalue weighted by Gasteiger charge is -2.29. The number of alkyl halides is 2. The second-order valence-corrected chi connectivity index (χ2v) is 13.6. The van der Waals surface area contributed by atoms with Gasteiger partial charge in [-0.15, -0.1) is 0 Å². The minimum Gasteiger partial charge on any atom is -0.383 e. The van der Waals surface area contributed by atoms with E-state index in [0.29, 0.717) is 33.5 Å². The summed E-state index contributed by atoms with van der Waals surface area (Å²) in [4.78, 5) is 23.0. The maximum atomic E-state index is 14.2. The molecular weight excluding hydrogens is 612 g/mol. The number of hydrogen-bond donors (Lipinski definition) is 2. The first kappa shape index (κ1) is 29.8. The molecule has 0 bridgehead atoms. The smallest absolute Gasteiger partial charge is 0.295 e. The fourth-order valence-electron chi connectivity index (χ4n) is 6.17. The van der Waals surface area contributed by atoms with Crippen LogP contribution in [-0.4, -0.2) is 63.0 Å². The fourth-order valence-corrected chi connectivity index (χ4v) is 7.68. The highest BCUT2D eigenvalue weighted by Crippen LogP contribution is 2.34. The van der Waals surface area contributed by atoms with Crippen molar-refractivity contribution in [2.24, 2.45) is 0 Å². The zero-order valence-electron chi connectivity index (χ0n) is 25.1. The van der Waals surface area contributed by atoms with Gasteiger partial charge in [-0.2, -0.15) is 5.10 Å². The number of piperidine rings is 1. The quantitative estimate of drug-likeness (QED) is 0.210. The third-order valence-corrected chi connectivity index (χ3v) is 10.5. The molecule has 0 radical (unpaired) electrons. The Bertz CT molecular complexity index is 2230. The van der Waals surface area contributed by atoms with Gasteiger partial charge in [-0.1, -0.05) is 23.8 Å². The lowest BCUT2D eigenvalue weighted by atomic mass is 9.89. The number of nitrogens with two attached hydrogens (primary N) is 1. The van der Waals surface area contributed by atoms with E-state index < -0.39 is 28.1 Å². The molecule has 0 spiro atoms. The van der Waals surface area contributed by atoms with Crippen molar-refractivity contribution in [3.63, 3.8) is 0 Å². The minimum atomic E-state index is -4.21. The van der Waals surface area contributed by atoms with Crippen LogP contribution in [-0.2, 0) is 10.0 Å². The first-order valence-electron chi connectivity index (χ1n) is 14.8. The fraction of sp³-hybridized carbons (Fsp3) is 0.242. The van der Waals surface area contributed by atoms with Crippen molar-refractivity contribution in [2.45, 2.75) is 37.0 Å². The zero-order valence-corrected chi connectivity index (χ0v) is 25.9. The summed E-state index contributed by atoms with van der Waals surface area (Å²) in [5, 5.41) is 4.93. The average molecular weight is 644 g/mol. The molecule has 10 nitrogen and oxygen atoms in total. The highest BCUT2D eigenvalue weighted by Gasteiger charge is 2.30. The molecule has 1 fully saturated rings. The van der Waals surface area contributed by atoms with E-state index in [0.717, 1.165) is 41.0 Å². The molecule has 13 heteroatoms. The molecule has 236 valence electrons. The Morgan fingerprint density at radius 3 is 2.48 bits per heavy atom. The predicted octanol–water partition coefficient (Wildman–Crippen LogP) is 5.81. The molecule has 3 N–H and O–H groups in total. The number of nitrogen functional groups attached to an aromatic ring is 1. The molecule has 7 rings (SSSR count). The molecule has 0 amide bonds. The summed E-state index contributed by atoms with van der Waals surface area (Å²) in [7, 11) is -2.11. The number of carbonyl (C=O) groups excluding carboxylic acids is 1. The Labute approximate surface area is 263 Å². The topological polar surface area (TPSA) is 132 Å². The summed E-state index contributed by atoms with van der Waals surface area (Å²) in [6.07, 6.45) is 0.488. The van der Waals surface area contributed by atoms with Gasteiger partial charge in [-0.25, -0.2) is 30.8 Å². The van der Waals surface area contributed by atoms with Gasteiger partial charge in [0.2, 0.25) is 5.78 Å². The number of rotatable bonds is 7. The summed E-state index contributed by atoms with van der Waals surface area (Å²) in [5.41, 5.74) is 9.85. The van der Waals surface area contributed by atoms with Crippen LogP contribution >= 0.6 is 0 Å². The van der Waals surface area contributed by atoms with Crippen LogP contribution in [0.1, 0.15) is 58.2 Å². The molecule has 4 heterocycles. The maximum absolute atomic E-state index is 14.2. The molecule has 3 aromatic heterocycles. The molecule has 6 aromatic rings. The second-order valence-electron chi connectivity index (χ2n) is 11.8. The Kier molecular flexibility index (Phi) is 7.24. The Morgan fingerprint density at radius 1 is 1.02 bits per heavy atom. The highest BCUT2D eigenvalue weighted by molar-refractivity contribution is 7.90. The van der Waals surface area contributed by atoms with Crippen molar-refractivity contribution in [2.75, 3.05) is 25.9 Å². The van der Waals surface area contributed by atoms with Crippen molar-refractivity contribution < 1.29 is 22.0 Å². The number of aromatic amines is 1. The van der Waals surface area contributed by atoms with Crippen LogP contribution in [0, 0.1) is 6.92 Å². The van der Waals surface area contributed by atoms with E-state index in [1.165, 1.54) is 23.0 Å². The lowest BCUT2D eigenvalue weighted by molar-refractivity contribution is 0.103. The van der Waals surface area contributed by atoms with Crippen molar-refractivity contribution >= 4 is 43.6 Å². The van der Waals surface area contributed by atoms with Crippen LogP contribution in [0.25, 0.3) is 27.6 Å². The van der Waals surface area contributed by atoms with Crippen molar-refractivity contribution in [1.82, 2.24) is 28.6 Å². The molecule has 46 heavy (non-hydrogen) atoms. The number of nitrogens with zero attached hydrogens (tertiary/aromatic N) is 5. The van der Waals surface area contributed by atoms with Gasteiger partial charge in [0, 0.05) is 5.39 Å². The molecule has 3 aromatic carbocycles. The summed E-state index contributed by atoms with van der Waals surface area (Å²) in [5.74, 6) is -0.790. The Balaban J connectivity index is 1.33. The second kappa shape index (κ2) is 11.2. The molecule has 0 saturated carbocycles. The van der Waals surface area contributed by atoms with Gasteiger partial charge < -0.3 is 15.6 Å². The lowest BCUT2D eigenvalue weighted by Crippen LogP contribution is -2.29. The number of ketones is 1. The molecule has 1 aliphatic heterocycles. The standard InChI is InChI=1S/C33H31F2N7O3S/c1-19-3-7-24(8-4-19)46(44,45)42-28-10-5-21(20-11-13-40(2)14-12-20)15-22(28)16-29(42)30(43)25-18-37-41(32(25)36)23-6-9-26-27(17-23)39-33(38-26)31(34)35/h3-10,15-18,20,31H,11-14,36H2,1-2H3,(H,38,39). The number of anilines is 1. The number of carbonyl (C=O) groups is 1. The number of halogens is 2. The maximum Gasteiger partial charge on any atom is 0.295 e. The third kappa shape index (κ3) is 5.05. The van der Waals surface area contributed by atoms with Gasteiger partial charge in [-0.3, -0.25) is 4.79 Å². The predicted molar refractivity (Wildman–Crippen MR) is 171 cm³/mol. The van der Waals surface area contributed by atoms with Crippen LogP contribution in [0.15, 0.2) is 77.8 Å². The number of aromatic nitrogens is 5. The van der Waals surface area contributed by atoms with Gasteiger partial charge in [0.1, 0.15) is 11.5 Å². The summed E-state index contributed by atoms with van der Waals surface area (Å²) in [6.45, 7) is 3.81. The number of fused-ring (bicyclic) bond motifs is 2. The number of imidazole rings is 1. The third-order valence-electron chi connectivity index (χ3n) is 8.75. The molecule has 1 aliphatic rings. The number of hydrogen-bond acceptors (Lipinski definition) is 7. The SMILES string of the molecule is Cc1ccc(S(=O)(=O)n2c(C(=O)c3cnn(-c4ccc5nc(C(F)F)[nH]c5c4)c3N)cc3cc(C4CCN(C)CC4)ccc32)cc1. The van der Waals surface area contributed by atoms with E-state index in [1.54, 1.807) is 42.5 Å². The van der Waals surface area contributed by atoms with Crippen molar-refractivity contribution in [3.05, 3.63) is 101 Å². The van der Waals surface area contributed by atoms with Crippen molar-refractivity contribution in [3.8, 4) is 5.69 Å². The molecule has 1 saturated heterocycles. The Hall–Kier alpha value is -4.88. The van der Waals surface area contributed by atoms with Crippen LogP contribution in [0.3, 0.4) is 0 Å². The van der Waals surface area contributed by atoms with E-state index in [4.69, 9.17) is 5.73 Å². The minimum absolute atomic E-state index is 0.00307. The van der Waals surface area contributed by atoms with Crippen LogP contribution < -0.4 is 5.73 Å². The van der Waals surface area contributed by atoms with Crippen LogP contribution in [0.2, 0.25) is 0 Å². The molecular formula is C33H31F2N7O3S. The Morgan fingerprint density at radius 2 is 1.76 bits per heavy atom. The van der Waals surface area contributed by atoms with E-state index in [9.17, 15) is 22.0 Å². The number of H-pyrrole nitrogens is 1. The number of likely N-dealkylation sites (tertiary alicyclic amines) is 1. The summed E-state index contributed by atoms with van der Waals surface area (Å²) < 4.78 is 57.1. The van der Waals surface area contributed by atoms with Gasteiger partial charge in [-0.05, 0) is 99.9 Å². The first-order chi connectivity index (χ1) is 22.0. The normalized spacial score (nSPS) is 15.0. The zero-order chi connectivity index (χ0) is 32.3. The summed E-state index contributed by atoms with van der Waals surface area (Å²) >= 11 is 0. The molecule has 0 atom stereocenters. The van der Waals surface area contributed by atoms with Gasteiger partial charge in [0.25, 0.3) is 16.4 Å². The van der Waals surface area contributed by atoms with Gasteiger partial charge in [0.05, 0.1) is 38.9 Å². The van der Waals surface area contributed by atoms with Crippen LogP contribution in [0.5, 0.6) is 0 Å². The van der Waals surface area contributed by atoms with Crippen molar-refractivity contribution in [1.29, 1.82) is 0 Å². The van der Waals surface area contributed by atoms with E-state index in [1.807, 2.05) is 19.1 Å². The van der Waals surface area contributed by atoms with Gasteiger partial charge in [0.15, 0.2) is 5.82 Å². The average Bonchev–Trinajstić information content (AvgIpc) is 3.75. The number of benzene rings is 3. The van der Waals surface area contributed by atoms with Gasteiger partial charge >= 0.3 is 0 Å². The monoisotopic (exact) mass is 643 g/mol. The van der Waals surface area contributed by atoms with Crippen LogP contribution in [0.4, 0.5) is 14.6 Å². The largest absolute Gasteiger partial charge is 0.383 e. The van der Waals surface area contributed by atoms with E-state index in [2.05, 4.69) is 27.0 Å². The highest BCUT2D eigenvalue weighted by atomic mass is 32.2.